The van der Waals surface area contributed by atoms with Crippen LogP contribution in [0.2, 0.25) is 0 Å². The molecule has 0 N–H and O–H groups in total. The Morgan fingerprint density at radius 1 is 1.11 bits per heavy atom. The molecule has 0 unspecified atom stereocenters. The summed E-state index contributed by atoms with van der Waals surface area (Å²) in [6.07, 6.45) is 0. The van der Waals surface area contributed by atoms with Gasteiger partial charge in [0.1, 0.15) is 5.82 Å². The summed E-state index contributed by atoms with van der Waals surface area (Å²) in [5, 5.41) is 0. The van der Waals surface area contributed by atoms with Gasteiger partial charge in [0.15, 0.2) is 0 Å². The van der Waals surface area contributed by atoms with Crippen LogP contribution in [0.4, 0.5) is 4.39 Å². The fourth-order valence-electron chi connectivity index (χ4n) is 0.430. The van der Waals surface area contributed by atoms with E-state index in [2.05, 4.69) is 15.9 Å². The first-order valence-corrected chi connectivity index (χ1v) is 2.99. The van der Waals surface area contributed by atoms with Crippen LogP contribution in [0, 0.1) is 5.82 Å². The van der Waals surface area contributed by atoms with E-state index < -0.39 is 0 Å². The fraction of sp³-hybridized carbons (Fsp3) is 0. The van der Waals surface area contributed by atoms with E-state index in [9.17, 15) is 4.39 Å². The lowest BCUT2D eigenvalue weighted by atomic mass is 10.4. The molecular weight excluding hydrogens is 195 g/mol. The first kappa shape index (κ1) is 9.40. The first-order valence-electron chi connectivity index (χ1n) is 2.20. The molecule has 1 aromatic rings. The van der Waals surface area contributed by atoms with E-state index in [1.165, 1.54) is 12.1 Å². The lowest BCUT2D eigenvalue weighted by Gasteiger charge is -1.85. The van der Waals surface area contributed by atoms with Crippen LogP contribution in [-0.2, 0) is 0 Å². The number of hydrogen-bond acceptors (Lipinski definition) is 0. The average molecular weight is 199 g/mol. The Morgan fingerprint density at radius 2 is 1.56 bits per heavy atom. The van der Waals surface area contributed by atoms with Gasteiger partial charge in [0.25, 0.3) is 0 Å². The Kier molecular flexibility index (Phi) is 4.44. The fourth-order valence-corrected chi connectivity index (χ4v) is 0.694. The molecule has 0 aliphatic rings. The third kappa shape index (κ3) is 3.18. The smallest absolute Gasteiger partial charge is 0.123 e. The van der Waals surface area contributed by atoms with Crippen molar-refractivity contribution in [1.82, 2.24) is 0 Å². The molecule has 0 aliphatic carbocycles. The van der Waals surface area contributed by atoms with Crippen LogP contribution in [0.5, 0.6) is 0 Å². The molecule has 44 valence electrons. The van der Waals surface area contributed by atoms with Crippen molar-refractivity contribution < 1.29 is 4.39 Å². The predicted octanol–water partition coefficient (Wildman–Crippen LogP) is 2.21. The maximum Gasteiger partial charge on any atom is 0.123 e. The van der Waals surface area contributed by atoms with Gasteiger partial charge in [-0.3, -0.25) is 0 Å². The van der Waals surface area contributed by atoms with E-state index in [-0.39, 0.29) is 28.9 Å². The highest BCUT2D eigenvalue weighted by Crippen LogP contribution is 2.08. The highest BCUT2D eigenvalue weighted by atomic mass is 79.9. The topological polar surface area (TPSA) is 0 Å². The maximum absolute atomic E-state index is 12.1. The van der Waals surface area contributed by atoms with Crippen LogP contribution in [0.3, 0.4) is 0 Å². The van der Waals surface area contributed by atoms with Gasteiger partial charge in [0.2, 0.25) is 0 Å². The third-order valence-electron chi connectivity index (χ3n) is 0.804. The molecule has 0 saturated heterocycles. The van der Waals surface area contributed by atoms with Crippen LogP contribution in [0.25, 0.3) is 0 Å². The van der Waals surface area contributed by atoms with Crippen molar-refractivity contribution in [2.75, 3.05) is 0 Å². The van der Waals surface area contributed by atoms with E-state index in [4.69, 9.17) is 0 Å². The monoisotopic (exact) mass is 198 g/mol. The van der Waals surface area contributed by atoms with Crippen molar-refractivity contribution in [2.24, 2.45) is 0 Å². The van der Waals surface area contributed by atoms with Crippen molar-refractivity contribution >= 4 is 39.0 Å². The molecule has 3 heteroatoms. The molecule has 0 spiro atoms. The molecule has 0 saturated carbocycles. The molecule has 0 aromatic heterocycles. The number of rotatable bonds is 0. The molecule has 0 atom stereocenters. The second-order valence-electron chi connectivity index (χ2n) is 1.44. The molecular formula is C6H4BrFMg. The first-order chi connectivity index (χ1) is 3.79. The van der Waals surface area contributed by atoms with Crippen LogP contribution in [-0.4, -0.2) is 23.1 Å². The summed E-state index contributed by atoms with van der Waals surface area (Å²) < 4.78 is 13.0. The number of hydrogen-bond donors (Lipinski definition) is 0. The van der Waals surface area contributed by atoms with Gasteiger partial charge in [0, 0.05) is 27.5 Å². The molecule has 0 amide bonds. The van der Waals surface area contributed by atoms with E-state index in [0.717, 1.165) is 4.47 Å². The number of benzene rings is 1. The standard InChI is InChI=1S/C6H4BrF.Mg/c7-5-1-3-6(8)4-2-5;/h1-4H;. The predicted molar refractivity (Wildman–Crippen MR) is 39.9 cm³/mol. The third-order valence-corrected chi connectivity index (χ3v) is 1.33. The minimum Gasteiger partial charge on any atom is -0.207 e. The van der Waals surface area contributed by atoms with E-state index in [0.29, 0.717) is 0 Å². The summed E-state index contributed by atoms with van der Waals surface area (Å²) in [7, 11) is 0. The molecule has 0 nitrogen and oxygen atoms in total. The minimum atomic E-state index is -0.201. The van der Waals surface area contributed by atoms with E-state index in [1.807, 2.05) is 0 Å². The second kappa shape index (κ2) is 4.25. The van der Waals surface area contributed by atoms with Crippen molar-refractivity contribution in [1.29, 1.82) is 0 Å². The molecule has 1 aromatic carbocycles. The highest BCUT2D eigenvalue weighted by molar-refractivity contribution is 9.10. The molecule has 0 fully saturated rings. The van der Waals surface area contributed by atoms with E-state index in [1.54, 1.807) is 12.1 Å². The molecule has 0 bridgehead atoms. The van der Waals surface area contributed by atoms with Gasteiger partial charge in [-0.25, -0.2) is 4.39 Å². The van der Waals surface area contributed by atoms with Gasteiger partial charge in [-0.1, -0.05) is 15.9 Å². The van der Waals surface area contributed by atoms with Crippen molar-refractivity contribution in [2.45, 2.75) is 0 Å². The largest absolute Gasteiger partial charge is 0.207 e. The SMILES string of the molecule is Fc1ccc(Br)cc1.[Mg]. The van der Waals surface area contributed by atoms with Crippen molar-refractivity contribution in [3.63, 3.8) is 0 Å². The second-order valence-corrected chi connectivity index (χ2v) is 2.35. The van der Waals surface area contributed by atoms with Gasteiger partial charge in [-0.2, -0.15) is 0 Å². The van der Waals surface area contributed by atoms with Gasteiger partial charge >= 0.3 is 0 Å². The Morgan fingerprint density at radius 3 is 1.89 bits per heavy atom. The number of halogens is 2. The Bertz CT molecular complexity index is 152. The van der Waals surface area contributed by atoms with Crippen molar-refractivity contribution in [3.8, 4) is 0 Å². The van der Waals surface area contributed by atoms with Crippen LogP contribution >= 0.6 is 15.9 Å². The lowest BCUT2D eigenvalue weighted by molar-refractivity contribution is 0.627. The molecule has 0 aliphatic heterocycles. The molecule has 2 radical (unpaired) electrons. The Hall–Kier alpha value is 0.396. The van der Waals surface area contributed by atoms with Crippen LogP contribution in [0.15, 0.2) is 28.7 Å². The molecule has 9 heavy (non-hydrogen) atoms. The quantitative estimate of drug-likeness (QED) is 0.562. The Balaban J connectivity index is 0.000000640. The summed E-state index contributed by atoms with van der Waals surface area (Å²) in [5.41, 5.74) is 0. The van der Waals surface area contributed by atoms with Crippen molar-refractivity contribution in [3.05, 3.63) is 34.6 Å². The van der Waals surface area contributed by atoms with Gasteiger partial charge in [-0.05, 0) is 24.3 Å². The Labute approximate surface area is 77.7 Å². The van der Waals surface area contributed by atoms with Crippen LogP contribution < -0.4 is 0 Å². The molecule has 0 heterocycles. The maximum atomic E-state index is 12.1. The molecule has 1 rings (SSSR count). The summed E-state index contributed by atoms with van der Waals surface area (Å²) in [6, 6.07) is 6.14. The highest BCUT2D eigenvalue weighted by Gasteiger charge is 1.84. The average Bonchev–Trinajstić information content (AvgIpc) is 1.77. The van der Waals surface area contributed by atoms with Gasteiger partial charge in [-0.15, -0.1) is 0 Å². The zero-order valence-corrected chi connectivity index (χ0v) is 7.77. The van der Waals surface area contributed by atoms with E-state index >= 15 is 0 Å². The van der Waals surface area contributed by atoms with Gasteiger partial charge in [0.05, 0.1) is 0 Å². The normalized spacial score (nSPS) is 8.22. The van der Waals surface area contributed by atoms with Crippen LogP contribution in [0.1, 0.15) is 0 Å². The summed E-state index contributed by atoms with van der Waals surface area (Å²) in [6.45, 7) is 0. The minimum absolute atomic E-state index is 0. The lowest BCUT2D eigenvalue weighted by Crippen LogP contribution is -1.67. The zero-order valence-electron chi connectivity index (χ0n) is 4.77. The summed E-state index contributed by atoms with van der Waals surface area (Å²) in [5.74, 6) is -0.201. The summed E-state index contributed by atoms with van der Waals surface area (Å²) >= 11 is 3.18. The summed E-state index contributed by atoms with van der Waals surface area (Å²) in [4.78, 5) is 0. The zero-order chi connectivity index (χ0) is 5.98. The van der Waals surface area contributed by atoms with Gasteiger partial charge < -0.3 is 0 Å².